The van der Waals surface area contributed by atoms with E-state index in [1.807, 2.05) is 39.8 Å². The Labute approximate surface area is 252 Å². The van der Waals surface area contributed by atoms with Crippen LogP contribution in [0.15, 0.2) is 46.9 Å². The molecule has 1 fully saturated rings. The SMILES string of the molecule is COCCCn1c(C2CCCN(C(CC(C)NC(=O)OC(C)(C)C)c3ccc(Br)cc3)C2)c(C)c2cccc(F)c21. The molecule has 1 aliphatic heterocycles. The lowest BCUT2D eigenvalue weighted by atomic mass is 9.89. The van der Waals surface area contributed by atoms with Crippen molar-refractivity contribution in [3.8, 4) is 0 Å². The first-order chi connectivity index (χ1) is 19.5. The lowest BCUT2D eigenvalue weighted by Gasteiger charge is -2.40. The van der Waals surface area contributed by atoms with Gasteiger partial charge in [0.25, 0.3) is 0 Å². The number of nitrogens with one attached hydrogen (secondary N) is 1. The molecule has 0 spiro atoms. The normalized spacial score (nSPS) is 17.9. The number of halogens is 2. The first kappa shape index (κ1) is 31.5. The van der Waals surface area contributed by atoms with Crippen molar-refractivity contribution in [3.05, 3.63) is 69.6 Å². The minimum atomic E-state index is -0.548. The van der Waals surface area contributed by atoms with Crippen molar-refractivity contribution < 1.29 is 18.7 Å². The molecule has 0 aliphatic carbocycles. The molecule has 6 nitrogen and oxygen atoms in total. The van der Waals surface area contributed by atoms with Crippen LogP contribution < -0.4 is 5.32 Å². The Morgan fingerprint density at radius 2 is 1.93 bits per heavy atom. The van der Waals surface area contributed by atoms with Crippen molar-refractivity contribution in [2.24, 2.45) is 0 Å². The molecular weight excluding hydrogens is 585 g/mol. The first-order valence-electron chi connectivity index (χ1n) is 14.7. The molecule has 1 saturated heterocycles. The minimum absolute atomic E-state index is 0.0878. The van der Waals surface area contributed by atoms with E-state index in [4.69, 9.17) is 9.47 Å². The van der Waals surface area contributed by atoms with Crippen LogP contribution in [0.3, 0.4) is 0 Å². The average molecular weight is 631 g/mol. The van der Waals surface area contributed by atoms with Gasteiger partial charge in [-0.2, -0.15) is 0 Å². The predicted molar refractivity (Wildman–Crippen MR) is 167 cm³/mol. The molecule has 1 amide bonds. The fourth-order valence-corrected chi connectivity index (χ4v) is 6.54. The summed E-state index contributed by atoms with van der Waals surface area (Å²) in [5.41, 5.74) is 3.78. The quantitative estimate of drug-likeness (QED) is 0.230. The van der Waals surface area contributed by atoms with E-state index in [2.05, 4.69) is 61.9 Å². The van der Waals surface area contributed by atoms with E-state index in [0.717, 1.165) is 55.2 Å². The van der Waals surface area contributed by atoms with E-state index < -0.39 is 11.7 Å². The third kappa shape index (κ3) is 7.90. The van der Waals surface area contributed by atoms with Gasteiger partial charge in [0.1, 0.15) is 11.4 Å². The van der Waals surface area contributed by atoms with Crippen molar-refractivity contribution in [1.29, 1.82) is 0 Å². The van der Waals surface area contributed by atoms with Crippen LogP contribution in [0, 0.1) is 12.7 Å². The number of ether oxygens (including phenoxy) is 2. The third-order valence-corrected chi connectivity index (χ3v) is 8.47. The number of amides is 1. The predicted octanol–water partition coefficient (Wildman–Crippen LogP) is 8.11. The van der Waals surface area contributed by atoms with Gasteiger partial charge >= 0.3 is 6.09 Å². The van der Waals surface area contributed by atoms with Gasteiger partial charge in [0.2, 0.25) is 0 Å². The highest BCUT2D eigenvalue weighted by Crippen LogP contribution is 2.39. The van der Waals surface area contributed by atoms with Crippen molar-refractivity contribution in [2.75, 3.05) is 26.8 Å². The number of aromatic nitrogens is 1. The Bertz CT molecular complexity index is 1320. The zero-order chi connectivity index (χ0) is 29.7. The largest absolute Gasteiger partial charge is 0.444 e. The number of carbonyl (C=O) groups is 1. The number of hydrogen-bond donors (Lipinski definition) is 1. The van der Waals surface area contributed by atoms with E-state index in [0.29, 0.717) is 12.1 Å². The van der Waals surface area contributed by atoms with Gasteiger partial charge in [-0.15, -0.1) is 0 Å². The molecule has 1 N–H and O–H groups in total. The molecule has 8 heteroatoms. The zero-order valence-electron chi connectivity index (χ0n) is 25.3. The standard InChI is InChI=1S/C33H45BrFN3O3/c1-22(36-32(39)41-33(3,4)5)20-29(24-13-15-26(34)16-14-24)37-17-8-10-25(21-37)30-23(2)27-11-7-12-28(35)31(27)38(30)18-9-19-40-6/h7,11-16,22,25,29H,8-10,17-21H2,1-6H3,(H,36,39). The number of benzene rings is 2. The molecular formula is C33H45BrFN3O3. The lowest BCUT2D eigenvalue weighted by molar-refractivity contribution is 0.0491. The smallest absolute Gasteiger partial charge is 0.407 e. The molecule has 3 aromatic rings. The van der Waals surface area contributed by atoms with E-state index >= 15 is 4.39 Å². The van der Waals surface area contributed by atoms with Crippen LogP contribution in [0.1, 0.15) is 82.2 Å². The van der Waals surface area contributed by atoms with Crippen molar-refractivity contribution >= 4 is 32.9 Å². The number of carbonyl (C=O) groups excluding carboxylic acids is 1. The van der Waals surface area contributed by atoms with Crippen LogP contribution in [0.5, 0.6) is 0 Å². The Hall–Kier alpha value is -2.42. The van der Waals surface area contributed by atoms with Crippen LogP contribution in [-0.4, -0.2) is 54.0 Å². The molecule has 1 aromatic heterocycles. The molecule has 2 aromatic carbocycles. The Morgan fingerprint density at radius 3 is 2.61 bits per heavy atom. The first-order valence-corrected chi connectivity index (χ1v) is 15.5. The number of rotatable bonds is 10. The third-order valence-electron chi connectivity index (χ3n) is 7.94. The van der Waals surface area contributed by atoms with E-state index in [1.54, 1.807) is 13.2 Å². The van der Waals surface area contributed by atoms with Gasteiger partial charge < -0.3 is 19.4 Å². The summed E-state index contributed by atoms with van der Waals surface area (Å²) < 4.78 is 29.3. The van der Waals surface area contributed by atoms with Gasteiger partial charge in [-0.25, -0.2) is 9.18 Å². The number of fused-ring (bicyclic) bond motifs is 1. The second-order valence-electron chi connectivity index (χ2n) is 12.3. The molecule has 41 heavy (non-hydrogen) atoms. The lowest BCUT2D eigenvalue weighted by Crippen LogP contribution is -2.43. The fraction of sp³-hybridized carbons (Fsp3) is 0.545. The summed E-state index contributed by atoms with van der Waals surface area (Å²) in [5.74, 6) is 0.0990. The summed E-state index contributed by atoms with van der Waals surface area (Å²) in [6.45, 7) is 13.0. The van der Waals surface area contributed by atoms with Crippen molar-refractivity contribution in [3.63, 3.8) is 0 Å². The number of piperidine rings is 1. The summed E-state index contributed by atoms with van der Waals surface area (Å²) in [7, 11) is 1.71. The maximum absolute atomic E-state index is 15.2. The Balaban J connectivity index is 1.64. The summed E-state index contributed by atoms with van der Waals surface area (Å²) in [6, 6.07) is 13.9. The molecule has 0 saturated carbocycles. The van der Waals surface area contributed by atoms with Crippen LogP contribution in [0.25, 0.3) is 10.9 Å². The van der Waals surface area contributed by atoms with Crippen LogP contribution in [0.4, 0.5) is 9.18 Å². The Kier molecular flexibility index (Phi) is 10.5. The summed E-state index contributed by atoms with van der Waals surface area (Å²) in [5, 5.41) is 4.04. The van der Waals surface area contributed by atoms with Gasteiger partial charge in [-0.05, 0) is 96.2 Å². The van der Waals surface area contributed by atoms with Gasteiger partial charge in [0.15, 0.2) is 0 Å². The number of para-hydroxylation sites is 1. The molecule has 3 atom stereocenters. The molecule has 1 aliphatic rings. The van der Waals surface area contributed by atoms with E-state index in [1.165, 1.54) is 16.8 Å². The highest BCUT2D eigenvalue weighted by atomic mass is 79.9. The van der Waals surface area contributed by atoms with Crippen molar-refractivity contribution in [1.82, 2.24) is 14.8 Å². The Morgan fingerprint density at radius 1 is 1.20 bits per heavy atom. The van der Waals surface area contributed by atoms with Gasteiger partial charge in [-0.1, -0.05) is 40.2 Å². The topological polar surface area (TPSA) is 55.7 Å². The maximum Gasteiger partial charge on any atom is 0.407 e. The van der Waals surface area contributed by atoms with Gasteiger partial charge in [0, 0.05) is 60.4 Å². The van der Waals surface area contributed by atoms with Gasteiger partial charge in [0.05, 0.1) is 5.52 Å². The van der Waals surface area contributed by atoms with Crippen LogP contribution in [0.2, 0.25) is 0 Å². The average Bonchev–Trinajstić information content (AvgIpc) is 3.19. The number of nitrogens with zero attached hydrogens (tertiary/aromatic N) is 2. The zero-order valence-corrected chi connectivity index (χ0v) is 26.9. The summed E-state index contributed by atoms with van der Waals surface area (Å²) >= 11 is 3.58. The fourth-order valence-electron chi connectivity index (χ4n) is 6.28. The number of hydrogen-bond acceptors (Lipinski definition) is 4. The molecule has 224 valence electrons. The molecule has 4 rings (SSSR count). The second-order valence-corrected chi connectivity index (χ2v) is 13.2. The maximum atomic E-state index is 15.2. The second kappa shape index (κ2) is 13.7. The highest BCUT2D eigenvalue weighted by Gasteiger charge is 2.32. The van der Waals surface area contributed by atoms with E-state index in [9.17, 15) is 4.79 Å². The summed E-state index contributed by atoms with van der Waals surface area (Å²) in [6.07, 6.45) is 3.28. The highest BCUT2D eigenvalue weighted by molar-refractivity contribution is 9.10. The molecule has 2 heterocycles. The number of methoxy groups -OCH3 is 1. The number of likely N-dealkylation sites (tertiary alicyclic amines) is 1. The number of aryl methyl sites for hydroxylation is 2. The molecule has 3 unspecified atom stereocenters. The van der Waals surface area contributed by atoms with Crippen molar-refractivity contribution in [2.45, 2.75) is 90.4 Å². The summed E-state index contributed by atoms with van der Waals surface area (Å²) in [4.78, 5) is 15.1. The monoisotopic (exact) mass is 629 g/mol. The number of alkyl carbamates (subject to hydrolysis) is 1. The van der Waals surface area contributed by atoms with E-state index in [-0.39, 0.29) is 23.8 Å². The minimum Gasteiger partial charge on any atom is -0.444 e. The molecule has 0 radical (unpaired) electrons. The molecule has 0 bridgehead atoms. The van der Waals surface area contributed by atoms with Crippen LogP contribution in [-0.2, 0) is 16.0 Å². The van der Waals surface area contributed by atoms with Gasteiger partial charge in [-0.3, -0.25) is 4.90 Å². The van der Waals surface area contributed by atoms with Crippen LogP contribution >= 0.6 is 15.9 Å².